The minimum atomic E-state index is -0.830. The van der Waals surface area contributed by atoms with E-state index in [9.17, 15) is 9.59 Å². The summed E-state index contributed by atoms with van der Waals surface area (Å²) in [5.74, 6) is 0.267. The monoisotopic (exact) mass is 312 g/mol. The maximum atomic E-state index is 12.6. The second-order valence-electron chi connectivity index (χ2n) is 6.04. The zero-order chi connectivity index (χ0) is 14.5. The zero-order valence-corrected chi connectivity index (χ0v) is 13.1. The summed E-state index contributed by atoms with van der Waals surface area (Å²) in [6, 6.07) is 3.42. The Morgan fingerprint density at radius 3 is 2.65 bits per heavy atom. The first-order valence-electron chi connectivity index (χ1n) is 6.76. The van der Waals surface area contributed by atoms with Gasteiger partial charge in [0.05, 0.1) is 10.9 Å². The number of hydrogen-bond donors (Lipinski definition) is 1. The van der Waals surface area contributed by atoms with Crippen LogP contribution in [-0.4, -0.2) is 28.3 Å². The summed E-state index contributed by atoms with van der Waals surface area (Å²) in [6.45, 7) is 3.98. The van der Waals surface area contributed by atoms with Gasteiger partial charge >= 0.3 is 0 Å². The van der Waals surface area contributed by atoms with Gasteiger partial charge in [0.1, 0.15) is 11.6 Å². The fraction of sp³-hybridized carbons (Fsp3) is 0.571. The molecule has 4 nitrogen and oxygen atoms in total. The van der Waals surface area contributed by atoms with Crippen LogP contribution in [0.2, 0.25) is 4.34 Å². The molecule has 1 saturated carbocycles. The van der Waals surface area contributed by atoms with Gasteiger partial charge in [0.25, 0.3) is 0 Å². The van der Waals surface area contributed by atoms with Crippen LogP contribution in [0.5, 0.6) is 0 Å². The Morgan fingerprint density at radius 2 is 2.10 bits per heavy atom. The molecule has 1 unspecified atom stereocenters. The number of nitrogens with one attached hydrogen (secondary N) is 1. The summed E-state index contributed by atoms with van der Waals surface area (Å²) in [6.07, 6.45) is 2.04. The van der Waals surface area contributed by atoms with Crippen LogP contribution in [0.15, 0.2) is 12.1 Å². The second kappa shape index (κ2) is 4.74. The number of hydrogen-bond acceptors (Lipinski definition) is 3. The quantitative estimate of drug-likeness (QED) is 0.932. The summed E-state index contributed by atoms with van der Waals surface area (Å²) in [7, 11) is 0. The van der Waals surface area contributed by atoms with E-state index in [1.807, 2.05) is 12.1 Å². The van der Waals surface area contributed by atoms with Crippen molar-refractivity contribution in [3.05, 3.63) is 21.3 Å². The van der Waals surface area contributed by atoms with Crippen molar-refractivity contribution in [3.8, 4) is 0 Å². The Bertz CT molecular complexity index is 565. The van der Waals surface area contributed by atoms with E-state index in [4.69, 9.17) is 11.6 Å². The van der Waals surface area contributed by atoms with E-state index in [0.29, 0.717) is 16.8 Å². The molecule has 6 heteroatoms. The van der Waals surface area contributed by atoms with Crippen LogP contribution in [0.3, 0.4) is 0 Å². The Kier molecular flexibility index (Phi) is 3.29. The van der Waals surface area contributed by atoms with Gasteiger partial charge in [-0.3, -0.25) is 9.59 Å². The molecule has 2 heterocycles. The predicted octanol–water partition coefficient (Wildman–Crippen LogP) is 2.42. The number of nitrogens with zero attached hydrogens (tertiary/aromatic N) is 1. The zero-order valence-electron chi connectivity index (χ0n) is 11.5. The molecule has 0 spiro atoms. The third kappa shape index (κ3) is 2.44. The normalized spacial score (nSPS) is 25.8. The van der Waals surface area contributed by atoms with Gasteiger partial charge < -0.3 is 10.2 Å². The van der Waals surface area contributed by atoms with Gasteiger partial charge in [-0.2, -0.15) is 0 Å². The molecule has 3 rings (SSSR count). The van der Waals surface area contributed by atoms with Crippen LogP contribution < -0.4 is 5.32 Å². The molecule has 1 N–H and O–H groups in total. The minimum absolute atomic E-state index is 0.0153. The van der Waals surface area contributed by atoms with E-state index >= 15 is 0 Å². The van der Waals surface area contributed by atoms with Crippen molar-refractivity contribution in [2.45, 2.75) is 44.8 Å². The molecule has 1 aliphatic heterocycles. The SMILES string of the molecule is CC1(C)NC(=O)C(C2CC2)N(Cc2ccc(Cl)s2)C1=O. The molecule has 1 saturated heterocycles. The van der Waals surface area contributed by atoms with Crippen LogP contribution in [0, 0.1) is 5.92 Å². The van der Waals surface area contributed by atoms with Crippen molar-refractivity contribution in [2.75, 3.05) is 0 Å². The Morgan fingerprint density at radius 1 is 1.40 bits per heavy atom. The van der Waals surface area contributed by atoms with Gasteiger partial charge in [-0.25, -0.2) is 0 Å². The molecule has 1 aliphatic carbocycles. The highest BCUT2D eigenvalue weighted by Crippen LogP contribution is 2.39. The number of carbonyl (C=O) groups excluding carboxylic acids is 2. The van der Waals surface area contributed by atoms with Crippen LogP contribution in [0.4, 0.5) is 0 Å². The molecule has 0 radical (unpaired) electrons. The summed E-state index contributed by atoms with van der Waals surface area (Å²) >= 11 is 7.41. The van der Waals surface area contributed by atoms with Gasteiger partial charge in [-0.05, 0) is 44.7 Å². The first-order chi connectivity index (χ1) is 9.38. The number of amides is 2. The number of halogens is 1. The van der Waals surface area contributed by atoms with E-state index in [-0.39, 0.29) is 17.9 Å². The largest absolute Gasteiger partial charge is 0.340 e. The molecule has 1 aromatic rings. The highest BCUT2D eigenvalue weighted by atomic mass is 35.5. The minimum Gasteiger partial charge on any atom is -0.340 e. The van der Waals surface area contributed by atoms with E-state index < -0.39 is 5.54 Å². The van der Waals surface area contributed by atoms with Crippen molar-refractivity contribution in [2.24, 2.45) is 5.92 Å². The third-order valence-electron chi connectivity index (χ3n) is 3.86. The average molecular weight is 313 g/mol. The molecule has 20 heavy (non-hydrogen) atoms. The lowest BCUT2D eigenvalue weighted by atomic mass is 9.94. The number of carbonyl (C=O) groups is 2. The summed E-state index contributed by atoms with van der Waals surface area (Å²) in [4.78, 5) is 27.7. The lowest BCUT2D eigenvalue weighted by Crippen LogP contribution is -2.68. The smallest absolute Gasteiger partial charge is 0.248 e. The lowest BCUT2D eigenvalue weighted by Gasteiger charge is -2.43. The topological polar surface area (TPSA) is 49.4 Å². The van der Waals surface area contributed by atoms with E-state index in [1.54, 1.807) is 18.7 Å². The van der Waals surface area contributed by atoms with Crippen LogP contribution in [0.1, 0.15) is 31.6 Å². The molecule has 2 fully saturated rings. The van der Waals surface area contributed by atoms with Crippen molar-refractivity contribution in [1.29, 1.82) is 0 Å². The van der Waals surface area contributed by atoms with Crippen molar-refractivity contribution in [3.63, 3.8) is 0 Å². The predicted molar refractivity (Wildman–Crippen MR) is 78.6 cm³/mol. The molecule has 2 amide bonds. The molecule has 1 aromatic heterocycles. The van der Waals surface area contributed by atoms with Gasteiger partial charge in [0.2, 0.25) is 11.8 Å². The molecule has 0 aromatic carbocycles. The maximum Gasteiger partial charge on any atom is 0.248 e. The summed E-state index contributed by atoms with van der Waals surface area (Å²) in [5, 5.41) is 2.84. The van der Waals surface area contributed by atoms with E-state index in [1.165, 1.54) is 11.3 Å². The number of piperazine rings is 1. The van der Waals surface area contributed by atoms with Crippen LogP contribution in [-0.2, 0) is 16.1 Å². The van der Waals surface area contributed by atoms with Crippen molar-refractivity contribution < 1.29 is 9.59 Å². The maximum absolute atomic E-state index is 12.6. The first-order valence-corrected chi connectivity index (χ1v) is 7.95. The van der Waals surface area contributed by atoms with Gasteiger partial charge in [0.15, 0.2) is 0 Å². The average Bonchev–Trinajstić information content (AvgIpc) is 3.09. The molecular formula is C14H17ClN2O2S. The van der Waals surface area contributed by atoms with Crippen LogP contribution >= 0.6 is 22.9 Å². The molecule has 108 valence electrons. The van der Waals surface area contributed by atoms with Gasteiger partial charge in [-0.1, -0.05) is 11.6 Å². The number of thiophene rings is 1. The highest BCUT2D eigenvalue weighted by Gasteiger charge is 2.50. The Hall–Kier alpha value is -1.07. The fourth-order valence-corrected chi connectivity index (χ4v) is 3.80. The highest BCUT2D eigenvalue weighted by molar-refractivity contribution is 7.16. The standard InChI is InChI=1S/C14H17ClN2O2S/c1-14(2)13(19)17(7-9-5-6-10(15)20-9)11(8-3-4-8)12(18)16-14/h5-6,8,11H,3-4,7H2,1-2H3,(H,16,18). The molecule has 2 aliphatic rings. The molecule has 0 bridgehead atoms. The molecule has 1 atom stereocenters. The fourth-order valence-electron chi connectivity index (χ4n) is 2.72. The number of rotatable bonds is 3. The van der Waals surface area contributed by atoms with E-state index in [0.717, 1.165) is 17.7 Å². The van der Waals surface area contributed by atoms with Crippen LogP contribution in [0.25, 0.3) is 0 Å². The van der Waals surface area contributed by atoms with Crippen molar-refractivity contribution >= 4 is 34.8 Å². The first kappa shape index (κ1) is 13.9. The van der Waals surface area contributed by atoms with Crippen molar-refractivity contribution in [1.82, 2.24) is 10.2 Å². The Labute approximate surface area is 127 Å². The van der Waals surface area contributed by atoms with Gasteiger partial charge in [0, 0.05) is 4.88 Å². The van der Waals surface area contributed by atoms with Gasteiger partial charge in [-0.15, -0.1) is 11.3 Å². The second-order valence-corrected chi connectivity index (χ2v) is 7.84. The van der Waals surface area contributed by atoms with E-state index in [2.05, 4.69) is 5.32 Å². The third-order valence-corrected chi connectivity index (χ3v) is 5.08. The molecular weight excluding hydrogens is 296 g/mol. The lowest BCUT2D eigenvalue weighted by molar-refractivity contribution is -0.155. The Balaban J connectivity index is 1.89. The summed E-state index contributed by atoms with van der Waals surface area (Å²) < 4.78 is 0.705. The summed E-state index contributed by atoms with van der Waals surface area (Å²) in [5.41, 5.74) is -0.830.